The van der Waals surface area contributed by atoms with Crippen molar-refractivity contribution in [3.8, 4) is 0 Å². The lowest BCUT2D eigenvalue weighted by molar-refractivity contribution is 0.153. The first-order chi connectivity index (χ1) is 10.8. The Hall–Kier alpha value is -1.30. The van der Waals surface area contributed by atoms with E-state index in [4.69, 9.17) is 4.74 Å². The fourth-order valence-electron chi connectivity index (χ4n) is 2.83. The molecule has 1 aromatic rings. The van der Waals surface area contributed by atoms with Crippen LogP contribution in [-0.4, -0.2) is 71.0 Å². The van der Waals surface area contributed by atoms with Gasteiger partial charge in [-0.15, -0.1) is 0 Å². The number of anilines is 2. The van der Waals surface area contributed by atoms with Gasteiger partial charge in [-0.3, -0.25) is 4.90 Å². The number of piperazine rings is 1. The van der Waals surface area contributed by atoms with E-state index >= 15 is 0 Å². The maximum Gasteiger partial charge on any atom is 0.0641 e. The minimum absolute atomic E-state index is 0.774. The summed E-state index contributed by atoms with van der Waals surface area (Å²) in [6, 6.07) is 8.50. The van der Waals surface area contributed by atoms with E-state index in [-0.39, 0.29) is 0 Å². The maximum atomic E-state index is 5.57. The van der Waals surface area contributed by atoms with E-state index in [1.54, 1.807) is 0 Å². The predicted molar refractivity (Wildman–Crippen MR) is 94.0 cm³/mol. The fourth-order valence-corrected chi connectivity index (χ4v) is 2.83. The number of nitrogens with one attached hydrogen (secondary N) is 2. The summed E-state index contributed by atoms with van der Waals surface area (Å²) in [6.07, 6.45) is 0. The number of hydrogen-bond donors (Lipinski definition) is 2. The molecule has 2 N–H and O–H groups in total. The average Bonchev–Trinajstić information content (AvgIpc) is 2.59. The number of nitrogens with zero attached hydrogens (tertiary/aromatic N) is 2. The Morgan fingerprint density at radius 2 is 2.00 bits per heavy atom. The average molecular weight is 306 g/mol. The largest absolute Gasteiger partial charge is 0.386 e. The zero-order chi connectivity index (χ0) is 15.6. The third-order valence-electron chi connectivity index (χ3n) is 4.12. The second-order valence-corrected chi connectivity index (χ2v) is 5.54. The summed E-state index contributed by atoms with van der Waals surface area (Å²) in [5.74, 6) is 0. The van der Waals surface area contributed by atoms with Crippen molar-refractivity contribution in [3.63, 3.8) is 0 Å². The van der Waals surface area contributed by atoms with Gasteiger partial charge in [0.15, 0.2) is 0 Å². The number of rotatable bonds is 9. The van der Waals surface area contributed by atoms with Gasteiger partial charge in [-0.1, -0.05) is 12.1 Å². The molecule has 1 saturated heterocycles. The lowest BCUT2D eigenvalue weighted by Crippen LogP contribution is -2.46. The van der Waals surface area contributed by atoms with Crippen molar-refractivity contribution in [2.75, 3.05) is 76.3 Å². The van der Waals surface area contributed by atoms with Gasteiger partial charge in [-0.25, -0.2) is 0 Å². The van der Waals surface area contributed by atoms with Gasteiger partial charge in [0, 0.05) is 59.5 Å². The van der Waals surface area contributed by atoms with Gasteiger partial charge in [0.25, 0.3) is 0 Å². The molecule has 1 aliphatic rings. The highest BCUT2D eigenvalue weighted by atomic mass is 16.5. The Labute approximate surface area is 134 Å². The van der Waals surface area contributed by atoms with Crippen LogP contribution in [0.4, 0.5) is 11.4 Å². The van der Waals surface area contributed by atoms with Crippen LogP contribution in [-0.2, 0) is 4.74 Å². The van der Waals surface area contributed by atoms with Crippen LogP contribution in [0.5, 0.6) is 0 Å². The van der Waals surface area contributed by atoms with E-state index in [0.29, 0.717) is 0 Å². The van der Waals surface area contributed by atoms with Crippen LogP contribution in [0, 0.1) is 0 Å². The molecule has 0 unspecified atom stereocenters. The molecule has 0 radical (unpaired) electrons. The molecule has 0 bridgehead atoms. The third-order valence-corrected chi connectivity index (χ3v) is 4.12. The zero-order valence-corrected chi connectivity index (χ0v) is 14.0. The highest BCUT2D eigenvalue weighted by Crippen LogP contribution is 2.24. The molecule has 1 aliphatic heterocycles. The molecule has 1 aromatic carbocycles. The summed E-state index contributed by atoms with van der Waals surface area (Å²) in [5, 5.41) is 6.71. The summed E-state index contributed by atoms with van der Waals surface area (Å²) in [4.78, 5) is 4.97. The smallest absolute Gasteiger partial charge is 0.0641 e. The zero-order valence-electron chi connectivity index (χ0n) is 14.0. The van der Waals surface area contributed by atoms with Gasteiger partial charge >= 0.3 is 0 Å². The summed E-state index contributed by atoms with van der Waals surface area (Å²) in [7, 11) is 1.98. The highest BCUT2D eigenvalue weighted by molar-refractivity contribution is 5.69. The number of hydrogen-bond acceptors (Lipinski definition) is 5. The summed E-state index contributed by atoms with van der Waals surface area (Å²) < 4.78 is 5.57. The SMILES string of the molecule is CCOCCN(CCN1CCNCC1)c1ccccc1NC. The van der Waals surface area contributed by atoms with Crippen LogP contribution in [0.2, 0.25) is 0 Å². The van der Waals surface area contributed by atoms with E-state index in [1.165, 1.54) is 11.4 Å². The quantitative estimate of drug-likeness (QED) is 0.676. The molecule has 1 fully saturated rings. The van der Waals surface area contributed by atoms with Crippen molar-refractivity contribution >= 4 is 11.4 Å². The van der Waals surface area contributed by atoms with E-state index in [0.717, 1.165) is 59.0 Å². The van der Waals surface area contributed by atoms with Crippen molar-refractivity contribution in [1.82, 2.24) is 10.2 Å². The second kappa shape index (κ2) is 9.66. The lowest BCUT2D eigenvalue weighted by Gasteiger charge is -2.32. The molecule has 0 aliphatic carbocycles. The van der Waals surface area contributed by atoms with Crippen LogP contribution < -0.4 is 15.5 Å². The molecule has 0 aromatic heterocycles. The minimum Gasteiger partial charge on any atom is -0.386 e. The fraction of sp³-hybridized carbons (Fsp3) is 0.647. The van der Waals surface area contributed by atoms with Gasteiger partial charge in [-0.05, 0) is 19.1 Å². The van der Waals surface area contributed by atoms with Crippen LogP contribution in [0.3, 0.4) is 0 Å². The minimum atomic E-state index is 0.774. The van der Waals surface area contributed by atoms with Gasteiger partial charge in [0.05, 0.1) is 18.0 Å². The Bertz CT molecular complexity index is 421. The summed E-state index contributed by atoms with van der Waals surface area (Å²) in [5.41, 5.74) is 2.44. The number of ether oxygens (including phenoxy) is 1. The molecular weight excluding hydrogens is 276 g/mol. The maximum absolute atomic E-state index is 5.57. The Balaban J connectivity index is 1.97. The first-order valence-electron chi connectivity index (χ1n) is 8.37. The summed E-state index contributed by atoms with van der Waals surface area (Å²) in [6.45, 7) is 11.2. The van der Waals surface area contributed by atoms with Crippen molar-refractivity contribution in [3.05, 3.63) is 24.3 Å². The van der Waals surface area contributed by atoms with Gasteiger partial charge in [-0.2, -0.15) is 0 Å². The predicted octanol–water partition coefficient (Wildman–Crippen LogP) is 1.48. The Morgan fingerprint density at radius 1 is 1.23 bits per heavy atom. The van der Waals surface area contributed by atoms with Crippen molar-refractivity contribution in [1.29, 1.82) is 0 Å². The van der Waals surface area contributed by atoms with E-state index in [2.05, 4.69) is 44.7 Å². The van der Waals surface area contributed by atoms with Crippen LogP contribution in [0.1, 0.15) is 6.92 Å². The van der Waals surface area contributed by atoms with Crippen molar-refractivity contribution < 1.29 is 4.74 Å². The van der Waals surface area contributed by atoms with E-state index in [1.807, 2.05) is 14.0 Å². The molecule has 2 rings (SSSR count). The molecule has 124 valence electrons. The van der Waals surface area contributed by atoms with Crippen LogP contribution in [0.15, 0.2) is 24.3 Å². The monoisotopic (exact) mass is 306 g/mol. The number of para-hydroxylation sites is 2. The van der Waals surface area contributed by atoms with Gasteiger partial charge in [0.1, 0.15) is 0 Å². The second-order valence-electron chi connectivity index (χ2n) is 5.54. The molecule has 0 amide bonds. The normalized spacial score (nSPS) is 15.7. The lowest BCUT2D eigenvalue weighted by atomic mass is 10.2. The third kappa shape index (κ3) is 5.16. The molecule has 5 nitrogen and oxygen atoms in total. The van der Waals surface area contributed by atoms with Gasteiger partial charge in [0.2, 0.25) is 0 Å². The molecule has 0 spiro atoms. The van der Waals surface area contributed by atoms with E-state index in [9.17, 15) is 0 Å². The first kappa shape index (κ1) is 17.1. The molecule has 0 saturated carbocycles. The Kier molecular flexibility index (Phi) is 7.49. The molecule has 0 atom stereocenters. The first-order valence-corrected chi connectivity index (χ1v) is 8.37. The number of benzene rings is 1. The highest BCUT2D eigenvalue weighted by Gasteiger charge is 2.14. The van der Waals surface area contributed by atoms with E-state index < -0.39 is 0 Å². The molecule has 5 heteroatoms. The molecule has 1 heterocycles. The van der Waals surface area contributed by atoms with Crippen molar-refractivity contribution in [2.45, 2.75) is 6.92 Å². The molecular formula is C17H30N4O. The van der Waals surface area contributed by atoms with Gasteiger partial charge < -0.3 is 20.3 Å². The Morgan fingerprint density at radius 3 is 2.73 bits per heavy atom. The van der Waals surface area contributed by atoms with Crippen molar-refractivity contribution in [2.24, 2.45) is 0 Å². The van der Waals surface area contributed by atoms with Crippen LogP contribution >= 0.6 is 0 Å². The molecule has 22 heavy (non-hydrogen) atoms. The van der Waals surface area contributed by atoms with Crippen LogP contribution in [0.25, 0.3) is 0 Å². The summed E-state index contributed by atoms with van der Waals surface area (Å²) >= 11 is 0. The standard InChI is InChI=1S/C17H30N4O/c1-3-22-15-14-21(13-12-20-10-8-19-9-11-20)17-7-5-4-6-16(17)18-2/h4-7,18-19H,3,8-15H2,1-2H3. The topological polar surface area (TPSA) is 39.8 Å².